The van der Waals surface area contributed by atoms with Gasteiger partial charge in [-0.3, -0.25) is 4.79 Å². The van der Waals surface area contributed by atoms with Crippen molar-refractivity contribution in [3.8, 4) is 0 Å². The average molecular weight is 313 g/mol. The van der Waals surface area contributed by atoms with E-state index in [9.17, 15) is 4.79 Å². The highest BCUT2D eigenvalue weighted by molar-refractivity contribution is 7.99. The Morgan fingerprint density at radius 1 is 1.50 bits per heavy atom. The molecule has 0 fully saturated rings. The molecule has 0 saturated heterocycles. The van der Waals surface area contributed by atoms with Crippen molar-refractivity contribution >= 4 is 29.3 Å². The van der Waals surface area contributed by atoms with Gasteiger partial charge in [0.15, 0.2) is 0 Å². The summed E-state index contributed by atoms with van der Waals surface area (Å²) >= 11 is 7.88. The summed E-state index contributed by atoms with van der Waals surface area (Å²) in [6.07, 6.45) is 2.19. The van der Waals surface area contributed by atoms with E-state index in [-0.39, 0.29) is 11.9 Å². The van der Waals surface area contributed by atoms with E-state index in [1.807, 2.05) is 32.0 Å². The van der Waals surface area contributed by atoms with Crippen molar-refractivity contribution in [2.75, 3.05) is 5.75 Å². The first kappa shape index (κ1) is 15.7. The molecular weight excluding hydrogens is 292 g/mol. The van der Waals surface area contributed by atoms with Crippen LogP contribution in [0.5, 0.6) is 0 Å². The number of carbonyl (C=O) groups excluding carboxylic acids is 1. The molecule has 3 N–H and O–H groups in total. The number of benzene rings is 1. The lowest BCUT2D eigenvalue weighted by atomic mass is 9.92. The van der Waals surface area contributed by atoms with Gasteiger partial charge in [0.1, 0.15) is 0 Å². The van der Waals surface area contributed by atoms with Gasteiger partial charge in [0.25, 0.3) is 0 Å². The van der Waals surface area contributed by atoms with Gasteiger partial charge >= 0.3 is 0 Å². The zero-order valence-electron chi connectivity index (χ0n) is 11.9. The van der Waals surface area contributed by atoms with Crippen LogP contribution in [0.25, 0.3) is 0 Å². The summed E-state index contributed by atoms with van der Waals surface area (Å²) in [5.74, 6) is 0.931. The maximum Gasteiger partial charge on any atom is 0.240 e. The Kier molecular flexibility index (Phi) is 4.99. The number of nitrogens with one attached hydrogen (secondary N) is 1. The van der Waals surface area contributed by atoms with Gasteiger partial charge in [-0.1, -0.05) is 25.4 Å². The molecule has 0 saturated carbocycles. The second-order valence-corrected chi connectivity index (χ2v) is 6.78. The van der Waals surface area contributed by atoms with E-state index in [1.165, 1.54) is 4.90 Å². The summed E-state index contributed by atoms with van der Waals surface area (Å²) in [7, 11) is 0. The molecule has 110 valence electrons. The van der Waals surface area contributed by atoms with E-state index in [4.69, 9.17) is 17.3 Å². The highest BCUT2D eigenvalue weighted by Gasteiger charge is 2.33. The van der Waals surface area contributed by atoms with E-state index in [2.05, 4.69) is 5.32 Å². The molecule has 1 aromatic rings. The van der Waals surface area contributed by atoms with Crippen molar-refractivity contribution in [1.82, 2.24) is 5.32 Å². The third-order valence-electron chi connectivity index (χ3n) is 4.03. The number of rotatable bonds is 4. The first-order valence-electron chi connectivity index (χ1n) is 7.02. The third-order valence-corrected chi connectivity index (χ3v) is 5.39. The smallest absolute Gasteiger partial charge is 0.240 e. The van der Waals surface area contributed by atoms with Crippen LogP contribution in [0.2, 0.25) is 5.02 Å². The fraction of sp³-hybridized carbons (Fsp3) is 0.533. The molecule has 1 aromatic carbocycles. The molecule has 0 bridgehead atoms. The first-order chi connectivity index (χ1) is 9.50. The summed E-state index contributed by atoms with van der Waals surface area (Å²) in [6.45, 7) is 3.90. The molecule has 1 unspecified atom stereocenters. The molecule has 0 spiro atoms. The van der Waals surface area contributed by atoms with Gasteiger partial charge < -0.3 is 11.1 Å². The minimum Gasteiger partial charge on any atom is -0.348 e. The Bertz CT molecular complexity index is 503. The zero-order valence-corrected chi connectivity index (χ0v) is 13.5. The lowest BCUT2D eigenvalue weighted by molar-refractivity contribution is -0.127. The quantitative estimate of drug-likeness (QED) is 0.894. The standard InChI is InChI=1S/C15H21ClN2OS/c1-3-15(17,4-2)14(19)18-12-7-8-20-13-6-5-10(16)9-11(12)13/h5-6,9,12H,3-4,7-8,17H2,1-2H3,(H,18,19). The van der Waals surface area contributed by atoms with Crippen molar-refractivity contribution in [2.45, 2.75) is 49.6 Å². The van der Waals surface area contributed by atoms with E-state index in [0.29, 0.717) is 17.9 Å². The van der Waals surface area contributed by atoms with Crippen LogP contribution >= 0.6 is 23.4 Å². The zero-order chi connectivity index (χ0) is 14.8. The Hall–Kier alpha value is -0.710. The number of hydrogen-bond acceptors (Lipinski definition) is 3. The first-order valence-corrected chi connectivity index (χ1v) is 8.38. The average Bonchev–Trinajstić information content (AvgIpc) is 2.47. The summed E-state index contributed by atoms with van der Waals surface area (Å²) < 4.78 is 0. The van der Waals surface area contributed by atoms with Crippen molar-refractivity contribution in [1.29, 1.82) is 0 Å². The molecule has 3 nitrogen and oxygen atoms in total. The molecule has 20 heavy (non-hydrogen) atoms. The summed E-state index contributed by atoms with van der Waals surface area (Å²) in [5.41, 5.74) is 6.50. The molecule has 2 rings (SSSR count). The van der Waals surface area contributed by atoms with E-state index >= 15 is 0 Å². The Labute approximate surface area is 129 Å². The number of nitrogens with two attached hydrogens (primary N) is 1. The Morgan fingerprint density at radius 2 is 2.20 bits per heavy atom. The lowest BCUT2D eigenvalue weighted by Gasteiger charge is -2.31. The fourth-order valence-corrected chi connectivity index (χ4v) is 3.67. The number of hydrogen-bond donors (Lipinski definition) is 2. The number of thioether (sulfide) groups is 1. The van der Waals surface area contributed by atoms with Crippen LogP contribution < -0.4 is 11.1 Å². The molecule has 1 aliphatic rings. The highest BCUT2D eigenvalue weighted by atomic mass is 35.5. The number of carbonyl (C=O) groups is 1. The van der Waals surface area contributed by atoms with Gasteiger partial charge in [0, 0.05) is 15.7 Å². The van der Waals surface area contributed by atoms with Crippen LogP contribution in [0.4, 0.5) is 0 Å². The molecule has 0 aliphatic carbocycles. The lowest BCUT2D eigenvalue weighted by Crippen LogP contribution is -2.54. The number of fused-ring (bicyclic) bond motifs is 1. The van der Waals surface area contributed by atoms with Gasteiger partial charge in [-0.05, 0) is 43.0 Å². The normalized spacial score (nSPS) is 18.5. The Morgan fingerprint density at radius 3 is 2.85 bits per heavy atom. The van der Waals surface area contributed by atoms with Crippen LogP contribution in [-0.2, 0) is 4.79 Å². The van der Waals surface area contributed by atoms with Crippen LogP contribution in [0.3, 0.4) is 0 Å². The molecule has 1 amide bonds. The number of halogens is 1. The van der Waals surface area contributed by atoms with Gasteiger partial charge in [-0.25, -0.2) is 0 Å². The SMILES string of the molecule is CCC(N)(CC)C(=O)NC1CCSc2ccc(Cl)cc21. The minimum atomic E-state index is -0.774. The largest absolute Gasteiger partial charge is 0.348 e. The van der Waals surface area contributed by atoms with Crippen molar-refractivity contribution < 1.29 is 4.79 Å². The predicted molar refractivity (Wildman–Crippen MR) is 85.2 cm³/mol. The maximum absolute atomic E-state index is 12.4. The van der Waals surface area contributed by atoms with Gasteiger partial charge in [0.05, 0.1) is 11.6 Å². The maximum atomic E-state index is 12.4. The third kappa shape index (κ3) is 3.13. The number of amides is 1. The van der Waals surface area contributed by atoms with Crippen LogP contribution in [-0.4, -0.2) is 17.2 Å². The van der Waals surface area contributed by atoms with Crippen LogP contribution in [0, 0.1) is 0 Å². The van der Waals surface area contributed by atoms with Crippen LogP contribution in [0.1, 0.15) is 44.7 Å². The molecule has 1 atom stereocenters. The summed E-state index contributed by atoms with van der Waals surface area (Å²) in [6, 6.07) is 5.88. The Balaban J connectivity index is 2.20. The molecule has 0 radical (unpaired) electrons. The molecule has 1 heterocycles. The minimum absolute atomic E-state index is 0.0125. The van der Waals surface area contributed by atoms with Gasteiger partial charge in [0.2, 0.25) is 5.91 Å². The summed E-state index contributed by atoms with van der Waals surface area (Å²) in [4.78, 5) is 13.6. The van der Waals surface area contributed by atoms with E-state index in [1.54, 1.807) is 11.8 Å². The molecule has 1 aliphatic heterocycles. The fourth-order valence-electron chi connectivity index (χ4n) is 2.39. The predicted octanol–water partition coefficient (Wildman–Crippen LogP) is 3.51. The monoisotopic (exact) mass is 312 g/mol. The summed E-state index contributed by atoms with van der Waals surface area (Å²) in [5, 5.41) is 3.81. The van der Waals surface area contributed by atoms with Crippen molar-refractivity contribution in [3.63, 3.8) is 0 Å². The second kappa shape index (κ2) is 6.37. The highest BCUT2D eigenvalue weighted by Crippen LogP contribution is 2.37. The van der Waals surface area contributed by atoms with Crippen molar-refractivity contribution in [3.05, 3.63) is 28.8 Å². The molecular formula is C15H21ClN2OS. The van der Waals surface area contributed by atoms with E-state index in [0.717, 1.165) is 17.7 Å². The molecule has 0 aromatic heterocycles. The van der Waals surface area contributed by atoms with Gasteiger partial charge in [-0.15, -0.1) is 11.8 Å². The van der Waals surface area contributed by atoms with Crippen LogP contribution in [0.15, 0.2) is 23.1 Å². The molecule has 5 heteroatoms. The van der Waals surface area contributed by atoms with Crippen molar-refractivity contribution in [2.24, 2.45) is 5.73 Å². The van der Waals surface area contributed by atoms with E-state index < -0.39 is 5.54 Å². The second-order valence-electron chi connectivity index (χ2n) is 5.21. The van der Waals surface area contributed by atoms with Gasteiger partial charge in [-0.2, -0.15) is 0 Å². The topological polar surface area (TPSA) is 55.1 Å².